The van der Waals surface area contributed by atoms with Crippen LogP contribution in [0.1, 0.15) is 25.6 Å². The summed E-state index contributed by atoms with van der Waals surface area (Å²) in [5.41, 5.74) is 1.36. The third kappa shape index (κ3) is 8.48. The molecule has 0 saturated heterocycles. The van der Waals surface area contributed by atoms with Crippen LogP contribution in [0.25, 0.3) is 0 Å². The van der Waals surface area contributed by atoms with Gasteiger partial charge in [-0.15, -0.1) is 10.2 Å². The molecular formula is C21H27N5O6S. The molecule has 0 unspecified atom stereocenters. The van der Waals surface area contributed by atoms with E-state index in [4.69, 9.17) is 14.2 Å². The van der Waals surface area contributed by atoms with Crippen LogP contribution >= 0.6 is 11.3 Å². The minimum atomic E-state index is -0.408. The van der Waals surface area contributed by atoms with Gasteiger partial charge in [-0.25, -0.2) is 4.98 Å². The maximum absolute atomic E-state index is 11.8. The van der Waals surface area contributed by atoms with Crippen molar-refractivity contribution in [2.45, 2.75) is 27.7 Å². The lowest BCUT2D eigenvalue weighted by molar-refractivity contribution is -0.141. The van der Waals surface area contributed by atoms with Crippen molar-refractivity contribution in [2.24, 2.45) is 10.2 Å². The largest absolute Gasteiger partial charge is 0.494 e. The van der Waals surface area contributed by atoms with Crippen molar-refractivity contribution < 1.29 is 28.6 Å². The molecular weight excluding hydrogens is 450 g/mol. The summed E-state index contributed by atoms with van der Waals surface area (Å²) in [5.74, 6) is -0.666. The third-order valence-electron chi connectivity index (χ3n) is 4.13. The molecule has 1 N–H and O–H groups in total. The minimum Gasteiger partial charge on any atom is -0.494 e. The first kappa shape index (κ1) is 25.7. The summed E-state index contributed by atoms with van der Waals surface area (Å²) in [7, 11) is 1.50. The number of nitrogens with zero attached hydrogens (tertiary/aromatic N) is 4. The van der Waals surface area contributed by atoms with Crippen molar-refractivity contribution in [1.82, 2.24) is 4.98 Å². The van der Waals surface area contributed by atoms with Crippen molar-refractivity contribution in [3.63, 3.8) is 0 Å². The smallest absolute Gasteiger partial charge is 0.302 e. The summed E-state index contributed by atoms with van der Waals surface area (Å²) >= 11 is 1.39. The highest BCUT2D eigenvalue weighted by Gasteiger charge is 2.18. The summed E-state index contributed by atoms with van der Waals surface area (Å²) in [5, 5.41) is 11.6. The normalized spacial score (nSPS) is 10.7. The number of thiazole rings is 1. The van der Waals surface area contributed by atoms with E-state index >= 15 is 0 Å². The Hall–Kier alpha value is -3.54. The summed E-state index contributed by atoms with van der Waals surface area (Å²) in [6.07, 6.45) is 1.70. The van der Waals surface area contributed by atoms with Crippen LogP contribution in [0.3, 0.4) is 0 Å². The number of amides is 1. The van der Waals surface area contributed by atoms with Crippen LogP contribution in [-0.4, -0.2) is 56.2 Å². The van der Waals surface area contributed by atoms with Gasteiger partial charge in [0.15, 0.2) is 0 Å². The fraction of sp³-hybridized carbons (Fsp3) is 0.429. The van der Waals surface area contributed by atoms with Gasteiger partial charge in [-0.05, 0) is 13.0 Å². The molecule has 0 radical (unpaired) electrons. The number of azo groups is 1. The molecule has 0 saturated carbocycles. The Morgan fingerprint density at radius 3 is 2.18 bits per heavy atom. The molecule has 33 heavy (non-hydrogen) atoms. The number of nitrogens with one attached hydrogen (secondary N) is 1. The Bertz CT molecular complexity index is 1000. The minimum absolute atomic E-state index is 0.110. The van der Waals surface area contributed by atoms with Gasteiger partial charge in [-0.3, -0.25) is 14.4 Å². The number of benzene rings is 1. The van der Waals surface area contributed by atoms with Crippen molar-refractivity contribution >= 4 is 51.4 Å². The van der Waals surface area contributed by atoms with Gasteiger partial charge in [-0.1, -0.05) is 11.3 Å². The average molecular weight is 478 g/mol. The topological polar surface area (TPSA) is 132 Å². The molecule has 0 spiro atoms. The number of aryl methyl sites for hydroxylation is 1. The van der Waals surface area contributed by atoms with Crippen molar-refractivity contribution in [3.05, 3.63) is 23.2 Å². The lowest BCUT2D eigenvalue weighted by Gasteiger charge is -2.27. The first-order valence-corrected chi connectivity index (χ1v) is 10.9. The second-order valence-corrected chi connectivity index (χ2v) is 8.06. The Balaban J connectivity index is 2.42. The molecule has 0 aliphatic carbocycles. The van der Waals surface area contributed by atoms with Crippen LogP contribution in [-0.2, 0) is 23.9 Å². The van der Waals surface area contributed by atoms with E-state index in [1.807, 2.05) is 11.8 Å². The number of aromatic nitrogens is 1. The predicted octanol–water partition coefficient (Wildman–Crippen LogP) is 3.77. The number of anilines is 2. The summed E-state index contributed by atoms with van der Waals surface area (Å²) in [6, 6.07) is 3.32. The SMILES string of the molecule is COc1cc(N=Nc2ncc(C)s2)c(NC(C)=O)cc1N(CCOC(C)=O)CCOC(C)=O. The Labute approximate surface area is 195 Å². The molecule has 0 fully saturated rings. The highest BCUT2D eigenvalue weighted by molar-refractivity contribution is 7.15. The third-order valence-corrected chi connectivity index (χ3v) is 4.93. The molecule has 0 bridgehead atoms. The molecule has 0 aliphatic heterocycles. The van der Waals surface area contributed by atoms with E-state index in [0.29, 0.717) is 41.0 Å². The number of hydrogen-bond donors (Lipinski definition) is 1. The van der Waals surface area contributed by atoms with Gasteiger partial charge in [0.05, 0.1) is 31.6 Å². The summed E-state index contributed by atoms with van der Waals surface area (Å²) < 4.78 is 15.7. The second-order valence-electron chi connectivity index (χ2n) is 6.84. The number of ether oxygens (including phenoxy) is 3. The lowest BCUT2D eigenvalue weighted by Crippen LogP contribution is -2.32. The highest BCUT2D eigenvalue weighted by Crippen LogP contribution is 2.39. The zero-order valence-electron chi connectivity index (χ0n) is 19.2. The number of methoxy groups -OCH3 is 1. The summed E-state index contributed by atoms with van der Waals surface area (Å²) in [4.78, 5) is 41.2. The molecule has 1 aromatic carbocycles. The van der Waals surface area contributed by atoms with Gasteiger partial charge in [0, 0.05) is 37.9 Å². The molecule has 2 rings (SSSR count). The maximum Gasteiger partial charge on any atom is 0.302 e. The second kappa shape index (κ2) is 12.5. The van der Waals surface area contributed by atoms with Crippen molar-refractivity contribution in [1.29, 1.82) is 0 Å². The van der Waals surface area contributed by atoms with Crippen molar-refractivity contribution in [2.75, 3.05) is 43.6 Å². The fourth-order valence-corrected chi connectivity index (χ4v) is 3.36. The van der Waals surface area contributed by atoms with Crippen LogP contribution in [0.15, 0.2) is 28.6 Å². The number of esters is 2. The van der Waals surface area contributed by atoms with Crippen LogP contribution in [0.2, 0.25) is 0 Å². The number of rotatable bonds is 11. The van der Waals surface area contributed by atoms with Gasteiger partial charge in [0.1, 0.15) is 24.7 Å². The molecule has 178 valence electrons. The Kier molecular flexibility index (Phi) is 9.73. The van der Waals surface area contributed by atoms with E-state index in [2.05, 4.69) is 20.5 Å². The molecule has 1 heterocycles. The van der Waals surface area contributed by atoms with E-state index < -0.39 is 11.9 Å². The van der Waals surface area contributed by atoms with E-state index in [-0.39, 0.29) is 19.1 Å². The van der Waals surface area contributed by atoms with E-state index in [9.17, 15) is 14.4 Å². The predicted molar refractivity (Wildman–Crippen MR) is 124 cm³/mol. The van der Waals surface area contributed by atoms with Crippen LogP contribution in [0, 0.1) is 6.92 Å². The first-order valence-electron chi connectivity index (χ1n) is 10.0. The lowest BCUT2D eigenvalue weighted by atomic mass is 10.2. The van der Waals surface area contributed by atoms with Gasteiger partial charge in [0.2, 0.25) is 11.0 Å². The Morgan fingerprint density at radius 2 is 1.70 bits per heavy atom. The monoisotopic (exact) mass is 477 g/mol. The zero-order chi connectivity index (χ0) is 24.4. The summed E-state index contributed by atoms with van der Waals surface area (Å²) in [6.45, 7) is 6.76. The van der Waals surface area contributed by atoms with Gasteiger partial charge in [0.25, 0.3) is 0 Å². The standard InChI is InChI=1S/C21H27N5O6S/c1-13-12-22-21(33-13)25-24-18-11-20(30-5)19(10-17(18)23-14(2)27)26(6-8-31-15(3)28)7-9-32-16(4)29/h10-12H,6-9H2,1-5H3,(H,23,27). The maximum atomic E-state index is 11.8. The van der Waals surface area contributed by atoms with Gasteiger partial charge < -0.3 is 24.4 Å². The van der Waals surface area contributed by atoms with Crippen molar-refractivity contribution in [3.8, 4) is 5.75 Å². The number of carbonyl (C=O) groups is 3. The average Bonchev–Trinajstić information content (AvgIpc) is 3.15. The van der Waals surface area contributed by atoms with Gasteiger partial charge >= 0.3 is 11.9 Å². The highest BCUT2D eigenvalue weighted by atomic mass is 32.1. The van der Waals surface area contributed by atoms with E-state index in [1.165, 1.54) is 39.2 Å². The van der Waals surface area contributed by atoms with Gasteiger partial charge in [-0.2, -0.15) is 0 Å². The van der Waals surface area contributed by atoms with Crippen LogP contribution < -0.4 is 15.0 Å². The molecule has 1 aromatic heterocycles. The molecule has 11 nitrogen and oxygen atoms in total. The fourth-order valence-electron chi connectivity index (χ4n) is 2.78. The van der Waals surface area contributed by atoms with Crippen LogP contribution in [0.4, 0.5) is 22.2 Å². The van der Waals surface area contributed by atoms with E-state index in [1.54, 1.807) is 18.3 Å². The van der Waals surface area contributed by atoms with Crippen LogP contribution in [0.5, 0.6) is 5.75 Å². The molecule has 1 amide bonds. The number of carbonyl (C=O) groups excluding carboxylic acids is 3. The van der Waals surface area contributed by atoms with E-state index in [0.717, 1.165) is 4.88 Å². The zero-order valence-corrected chi connectivity index (χ0v) is 20.0. The molecule has 12 heteroatoms. The molecule has 0 aliphatic rings. The molecule has 0 atom stereocenters. The number of hydrogen-bond acceptors (Lipinski definition) is 11. The quantitative estimate of drug-likeness (QED) is 0.382. The first-order chi connectivity index (χ1) is 15.7. The molecule has 2 aromatic rings. The Morgan fingerprint density at radius 1 is 1.06 bits per heavy atom.